The fourth-order valence-corrected chi connectivity index (χ4v) is 3.40. The van der Waals surface area contributed by atoms with Gasteiger partial charge < -0.3 is 14.7 Å². The Morgan fingerprint density at radius 3 is 2.41 bits per heavy atom. The number of likely N-dealkylation sites (N-methyl/N-ethyl adjacent to an activating group) is 1. The Bertz CT molecular complexity index is 1240. The van der Waals surface area contributed by atoms with E-state index >= 15 is 0 Å². The third kappa shape index (κ3) is 6.29. The number of rotatable bonds is 10. The number of carbonyl (C=O) groups is 1. The highest BCUT2D eigenvalue weighted by Gasteiger charge is 2.13. The Balaban J connectivity index is 1.71. The van der Waals surface area contributed by atoms with Gasteiger partial charge in [0.05, 0.1) is 30.9 Å². The lowest BCUT2D eigenvalue weighted by Crippen LogP contribution is -3.11. The number of esters is 1. The second-order valence-corrected chi connectivity index (χ2v) is 7.72. The molecule has 0 saturated heterocycles. The molecule has 1 aromatic heterocycles. The van der Waals surface area contributed by atoms with Crippen molar-refractivity contribution in [3.63, 3.8) is 0 Å². The van der Waals surface area contributed by atoms with E-state index in [2.05, 4.69) is 23.8 Å². The standard InChI is InChI=1S/C25H28N4O5/c1-3-28(4-2)14-15-34-24(32)19-10-12-20(13-11-19)26-16-21-22(30)27-25(33)29(23(21)31)17-18-8-6-5-7-9-18/h5-13,16,31H,3-4,14-15,17H2,1-2H3,(H,27,30,33)/p+1. The lowest BCUT2D eigenvalue weighted by atomic mass is 10.2. The number of ether oxygens (including phenoxy) is 1. The Labute approximate surface area is 197 Å². The van der Waals surface area contributed by atoms with Crippen LogP contribution in [0.3, 0.4) is 0 Å². The zero-order valence-electron chi connectivity index (χ0n) is 19.3. The third-order valence-electron chi connectivity index (χ3n) is 5.52. The lowest BCUT2D eigenvalue weighted by Gasteiger charge is -2.15. The van der Waals surface area contributed by atoms with Crippen molar-refractivity contribution in [1.82, 2.24) is 9.55 Å². The summed E-state index contributed by atoms with van der Waals surface area (Å²) in [5.41, 5.74) is 0.0446. The van der Waals surface area contributed by atoms with E-state index in [1.165, 1.54) is 11.1 Å². The van der Waals surface area contributed by atoms with Gasteiger partial charge in [0.15, 0.2) is 0 Å². The van der Waals surface area contributed by atoms with Crippen LogP contribution >= 0.6 is 0 Å². The Hall–Kier alpha value is -3.98. The molecule has 34 heavy (non-hydrogen) atoms. The van der Waals surface area contributed by atoms with Crippen molar-refractivity contribution in [2.75, 3.05) is 26.2 Å². The molecule has 0 spiro atoms. The van der Waals surface area contributed by atoms with Crippen LogP contribution in [0.25, 0.3) is 0 Å². The van der Waals surface area contributed by atoms with Crippen LogP contribution in [-0.2, 0) is 11.3 Å². The van der Waals surface area contributed by atoms with E-state index in [1.807, 2.05) is 30.3 Å². The molecule has 0 aliphatic heterocycles. The highest BCUT2D eigenvalue weighted by atomic mass is 16.5. The average Bonchev–Trinajstić information content (AvgIpc) is 2.85. The van der Waals surface area contributed by atoms with Gasteiger partial charge >= 0.3 is 11.7 Å². The summed E-state index contributed by atoms with van der Waals surface area (Å²) in [6, 6.07) is 15.5. The van der Waals surface area contributed by atoms with Crippen molar-refractivity contribution in [1.29, 1.82) is 0 Å². The van der Waals surface area contributed by atoms with Gasteiger partial charge in [-0.15, -0.1) is 0 Å². The van der Waals surface area contributed by atoms with Gasteiger partial charge in [0.2, 0.25) is 5.88 Å². The minimum atomic E-state index is -0.744. The number of hydrogen-bond acceptors (Lipinski definition) is 6. The molecule has 0 atom stereocenters. The van der Waals surface area contributed by atoms with Crippen molar-refractivity contribution >= 4 is 17.9 Å². The van der Waals surface area contributed by atoms with Crippen molar-refractivity contribution < 1.29 is 19.5 Å². The van der Waals surface area contributed by atoms with Crippen molar-refractivity contribution in [3.05, 3.63) is 92.1 Å². The first-order chi connectivity index (χ1) is 16.4. The van der Waals surface area contributed by atoms with Crippen LogP contribution in [0, 0.1) is 0 Å². The Morgan fingerprint density at radius 1 is 1.09 bits per heavy atom. The molecule has 178 valence electrons. The molecule has 9 nitrogen and oxygen atoms in total. The number of nitrogens with zero attached hydrogens (tertiary/aromatic N) is 2. The third-order valence-corrected chi connectivity index (χ3v) is 5.52. The number of quaternary nitrogens is 1. The van der Waals surface area contributed by atoms with Crippen LogP contribution in [0.1, 0.15) is 35.3 Å². The summed E-state index contributed by atoms with van der Waals surface area (Å²) >= 11 is 0. The molecule has 0 fully saturated rings. The molecule has 0 amide bonds. The molecule has 3 rings (SSSR count). The van der Waals surface area contributed by atoms with Crippen LogP contribution in [0.4, 0.5) is 5.69 Å². The molecule has 1 heterocycles. The topological polar surface area (TPSA) is 118 Å². The number of H-pyrrole nitrogens is 1. The number of aliphatic imine (C=N–C) groups is 1. The fraction of sp³-hybridized carbons (Fsp3) is 0.280. The normalized spacial score (nSPS) is 11.3. The molecule has 0 bridgehead atoms. The van der Waals surface area contributed by atoms with Gasteiger partial charge in [0, 0.05) is 6.21 Å². The van der Waals surface area contributed by atoms with Crippen LogP contribution in [0.2, 0.25) is 0 Å². The van der Waals surface area contributed by atoms with E-state index in [-0.39, 0.29) is 12.1 Å². The molecule has 0 radical (unpaired) electrons. The zero-order chi connectivity index (χ0) is 24.5. The first-order valence-electron chi connectivity index (χ1n) is 11.2. The lowest BCUT2D eigenvalue weighted by molar-refractivity contribution is -0.896. The largest absolute Gasteiger partial charge is 0.494 e. The number of aromatic amines is 1. The summed E-state index contributed by atoms with van der Waals surface area (Å²) in [4.78, 5) is 44.4. The number of nitrogens with one attached hydrogen (secondary N) is 2. The first kappa shape index (κ1) is 24.7. The van der Waals surface area contributed by atoms with Gasteiger partial charge in [-0.3, -0.25) is 19.3 Å². The number of carbonyl (C=O) groups excluding carboxylic acids is 1. The molecule has 9 heteroatoms. The van der Waals surface area contributed by atoms with Crippen LogP contribution in [0.5, 0.6) is 5.88 Å². The average molecular weight is 466 g/mol. The summed E-state index contributed by atoms with van der Waals surface area (Å²) in [7, 11) is 0. The summed E-state index contributed by atoms with van der Waals surface area (Å²) in [5.74, 6) is -0.888. The van der Waals surface area contributed by atoms with Crippen molar-refractivity contribution in [3.8, 4) is 5.88 Å². The predicted octanol–water partition coefficient (Wildman–Crippen LogP) is 1.12. The number of hydrogen-bond donors (Lipinski definition) is 3. The summed E-state index contributed by atoms with van der Waals surface area (Å²) in [5, 5.41) is 10.6. The van der Waals surface area contributed by atoms with Crippen LogP contribution in [0.15, 0.2) is 69.2 Å². The van der Waals surface area contributed by atoms with E-state index < -0.39 is 23.1 Å². The van der Waals surface area contributed by atoms with E-state index in [0.717, 1.165) is 29.8 Å². The molecular weight excluding hydrogens is 436 g/mol. The smallest absolute Gasteiger partial charge is 0.338 e. The quantitative estimate of drug-likeness (QED) is 0.306. The second kappa shape index (κ2) is 11.8. The molecule has 0 unspecified atom stereocenters. The number of aromatic nitrogens is 2. The molecule has 0 saturated carbocycles. The van der Waals surface area contributed by atoms with Crippen LogP contribution in [-0.4, -0.2) is 53.1 Å². The van der Waals surface area contributed by atoms with Crippen molar-refractivity contribution in [2.45, 2.75) is 20.4 Å². The fourth-order valence-electron chi connectivity index (χ4n) is 3.40. The van der Waals surface area contributed by atoms with Gasteiger partial charge in [0.25, 0.3) is 5.56 Å². The number of aromatic hydroxyl groups is 1. The van der Waals surface area contributed by atoms with Gasteiger partial charge in [-0.2, -0.15) is 0 Å². The first-order valence-corrected chi connectivity index (χ1v) is 11.2. The Morgan fingerprint density at radius 2 is 1.76 bits per heavy atom. The maximum absolute atomic E-state index is 12.2. The maximum Gasteiger partial charge on any atom is 0.338 e. The summed E-state index contributed by atoms with van der Waals surface area (Å²) in [6.07, 6.45) is 1.19. The Kier molecular flexibility index (Phi) is 8.53. The SMILES string of the molecule is CC[NH+](CC)CCOC(=O)c1ccc(N=Cc2c(O)n(Cc3ccccc3)c(=O)[nH]c2=O)cc1. The molecule has 0 aliphatic carbocycles. The summed E-state index contributed by atoms with van der Waals surface area (Å²) in [6.45, 7) is 7.32. The van der Waals surface area contributed by atoms with Gasteiger partial charge in [-0.1, -0.05) is 30.3 Å². The van der Waals surface area contributed by atoms with Gasteiger partial charge in [-0.25, -0.2) is 9.59 Å². The molecule has 3 N–H and O–H groups in total. The van der Waals surface area contributed by atoms with E-state index in [0.29, 0.717) is 17.9 Å². The van der Waals surface area contributed by atoms with Gasteiger partial charge in [-0.05, 0) is 43.7 Å². The highest BCUT2D eigenvalue weighted by Crippen LogP contribution is 2.16. The minimum absolute atomic E-state index is 0.0930. The maximum atomic E-state index is 12.2. The molecule has 0 aliphatic rings. The molecular formula is C25H29N4O5+. The van der Waals surface area contributed by atoms with E-state index in [4.69, 9.17) is 4.74 Å². The monoisotopic (exact) mass is 465 g/mol. The van der Waals surface area contributed by atoms with Gasteiger partial charge in [0.1, 0.15) is 18.7 Å². The van der Waals surface area contributed by atoms with E-state index in [1.54, 1.807) is 24.3 Å². The summed E-state index contributed by atoms with van der Waals surface area (Å²) < 4.78 is 6.39. The van der Waals surface area contributed by atoms with E-state index in [9.17, 15) is 19.5 Å². The molecule has 2 aromatic carbocycles. The molecule has 3 aromatic rings. The van der Waals surface area contributed by atoms with Crippen LogP contribution < -0.4 is 16.1 Å². The predicted molar refractivity (Wildman–Crippen MR) is 129 cm³/mol. The van der Waals surface area contributed by atoms with Crippen molar-refractivity contribution in [2.24, 2.45) is 4.99 Å². The number of benzene rings is 2. The highest BCUT2D eigenvalue weighted by molar-refractivity contribution is 5.90. The zero-order valence-corrected chi connectivity index (χ0v) is 19.3. The second-order valence-electron chi connectivity index (χ2n) is 7.72. The minimum Gasteiger partial charge on any atom is -0.494 e.